The zero-order valence-corrected chi connectivity index (χ0v) is 12.8. The van der Waals surface area contributed by atoms with E-state index in [0.717, 1.165) is 32.5 Å². The molecule has 3 aliphatic heterocycles. The molecule has 3 saturated heterocycles. The van der Waals surface area contributed by atoms with Crippen LogP contribution in [0.2, 0.25) is 0 Å². The zero-order valence-electron chi connectivity index (χ0n) is 12.8. The van der Waals surface area contributed by atoms with Crippen molar-refractivity contribution in [2.24, 2.45) is 5.92 Å². The van der Waals surface area contributed by atoms with Crippen molar-refractivity contribution < 1.29 is 13.9 Å². The molecule has 2 aromatic rings. The molecule has 6 heteroatoms. The Hall–Kier alpha value is -2.34. The highest BCUT2D eigenvalue weighted by Crippen LogP contribution is 2.28. The quantitative estimate of drug-likeness (QED) is 0.943. The molecule has 0 aromatic carbocycles. The van der Waals surface area contributed by atoms with Gasteiger partial charge in [-0.2, -0.15) is 0 Å². The van der Waals surface area contributed by atoms with Crippen molar-refractivity contribution in [1.29, 1.82) is 0 Å². The van der Waals surface area contributed by atoms with Gasteiger partial charge >= 0.3 is 6.09 Å². The lowest BCUT2D eigenvalue weighted by Crippen LogP contribution is -2.57. The average Bonchev–Trinajstić information content (AvgIpc) is 3.05. The van der Waals surface area contributed by atoms with Crippen LogP contribution in [0.3, 0.4) is 0 Å². The Morgan fingerprint density at radius 2 is 2.13 bits per heavy atom. The molecule has 3 aliphatic rings. The maximum atomic E-state index is 12.1. The molecule has 120 valence electrons. The Bertz CT molecular complexity index is 677. The van der Waals surface area contributed by atoms with E-state index in [1.807, 2.05) is 18.2 Å². The van der Waals surface area contributed by atoms with E-state index in [2.05, 4.69) is 15.2 Å². The normalized spacial score (nSPS) is 26.0. The van der Waals surface area contributed by atoms with E-state index >= 15 is 0 Å². The van der Waals surface area contributed by atoms with Crippen molar-refractivity contribution in [2.45, 2.75) is 18.9 Å². The molecule has 0 aliphatic carbocycles. The fourth-order valence-electron chi connectivity index (χ4n) is 3.42. The van der Waals surface area contributed by atoms with E-state index in [1.165, 1.54) is 0 Å². The first-order valence-corrected chi connectivity index (χ1v) is 8.00. The highest BCUT2D eigenvalue weighted by Gasteiger charge is 2.35. The van der Waals surface area contributed by atoms with Gasteiger partial charge in [-0.1, -0.05) is 6.07 Å². The van der Waals surface area contributed by atoms with Gasteiger partial charge in [0.15, 0.2) is 5.76 Å². The second-order valence-corrected chi connectivity index (χ2v) is 6.11. The summed E-state index contributed by atoms with van der Waals surface area (Å²) in [5.41, 5.74) is 0.708. The van der Waals surface area contributed by atoms with Crippen molar-refractivity contribution in [2.75, 3.05) is 19.6 Å². The molecule has 0 spiro atoms. The van der Waals surface area contributed by atoms with Crippen LogP contribution < -0.4 is 10.1 Å². The summed E-state index contributed by atoms with van der Waals surface area (Å²) in [6.45, 7) is 3.20. The van der Waals surface area contributed by atoms with Crippen LogP contribution in [-0.4, -0.2) is 41.7 Å². The van der Waals surface area contributed by atoms with Gasteiger partial charge in [0.2, 0.25) is 0 Å². The van der Waals surface area contributed by atoms with E-state index in [-0.39, 0.29) is 12.0 Å². The van der Waals surface area contributed by atoms with E-state index in [1.54, 1.807) is 18.3 Å². The summed E-state index contributed by atoms with van der Waals surface area (Å²) < 4.78 is 10.8. The zero-order chi connectivity index (χ0) is 15.6. The number of nitrogens with zero attached hydrogens (tertiary/aromatic N) is 2. The highest BCUT2D eigenvalue weighted by molar-refractivity contribution is 5.70. The van der Waals surface area contributed by atoms with E-state index in [0.29, 0.717) is 17.4 Å². The van der Waals surface area contributed by atoms with Crippen LogP contribution in [-0.2, 0) is 0 Å². The van der Waals surface area contributed by atoms with Gasteiger partial charge in [0.25, 0.3) is 5.95 Å². The topological polar surface area (TPSA) is 67.6 Å². The first-order valence-electron chi connectivity index (χ1n) is 8.00. The van der Waals surface area contributed by atoms with E-state index in [9.17, 15) is 4.79 Å². The van der Waals surface area contributed by atoms with Crippen molar-refractivity contribution in [1.82, 2.24) is 15.2 Å². The number of hydrogen-bond donors (Lipinski definition) is 1. The smallest absolute Gasteiger partial charge is 0.415 e. The standard InChI is InChI=1S/C17H19N3O3/c21-17(19-14-11-20-9-6-12(14)7-10-20)23-16-5-4-15(22-16)13-3-1-2-8-18-13/h1-5,8,12,14H,6-7,9-11H2,(H,19,21). The number of hydrogen-bond acceptors (Lipinski definition) is 5. The molecule has 5 rings (SSSR count). The van der Waals surface area contributed by atoms with Crippen molar-refractivity contribution in [3.8, 4) is 17.4 Å². The van der Waals surface area contributed by atoms with Crippen LogP contribution in [0, 0.1) is 5.92 Å². The molecule has 1 atom stereocenters. The van der Waals surface area contributed by atoms with Gasteiger partial charge in [0.05, 0.1) is 0 Å². The molecule has 3 fully saturated rings. The number of pyridine rings is 1. The summed E-state index contributed by atoms with van der Waals surface area (Å²) in [4.78, 5) is 18.7. The lowest BCUT2D eigenvalue weighted by Gasteiger charge is -2.44. The van der Waals surface area contributed by atoms with E-state index in [4.69, 9.17) is 9.15 Å². The van der Waals surface area contributed by atoms with Gasteiger partial charge in [0, 0.05) is 24.8 Å². The Balaban J connectivity index is 1.37. The minimum absolute atomic E-state index is 0.176. The predicted octanol–water partition coefficient (Wildman–Crippen LogP) is 2.52. The number of furan rings is 1. The first kappa shape index (κ1) is 14.3. The maximum absolute atomic E-state index is 12.1. The third-order valence-corrected chi connectivity index (χ3v) is 4.65. The van der Waals surface area contributed by atoms with Gasteiger partial charge in [-0.3, -0.25) is 4.98 Å². The molecule has 1 amide bonds. The van der Waals surface area contributed by atoms with Crippen LogP contribution in [0.25, 0.3) is 11.5 Å². The fourth-order valence-corrected chi connectivity index (χ4v) is 3.42. The fraction of sp³-hybridized carbons (Fsp3) is 0.412. The van der Waals surface area contributed by atoms with Crippen LogP contribution in [0.1, 0.15) is 12.8 Å². The van der Waals surface area contributed by atoms with Crippen molar-refractivity contribution >= 4 is 6.09 Å². The summed E-state index contributed by atoms with van der Waals surface area (Å²) in [6.07, 6.45) is 3.54. The molecule has 2 aromatic heterocycles. The van der Waals surface area contributed by atoms with Gasteiger partial charge in [-0.15, -0.1) is 0 Å². The summed E-state index contributed by atoms with van der Waals surface area (Å²) in [7, 11) is 0. The lowest BCUT2D eigenvalue weighted by molar-refractivity contribution is 0.0715. The second kappa shape index (κ2) is 6.04. The van der Waals surface area contributed by atoms with E-state index < -0.39 is 6.09 Å². The number of amides is 1. The average molecular weight is 313 g/mol. The number of rotatable bonds is 3. The molecular weight excluding hydrogens is 294 g/mol. The molecule has 1 N–H and O–H groups in total. The van der Waals surface area contributed by atoms with Gasteiger partial charge < -0.3 is 19.4 Å². The third kappa shape index (κ3) is 3.07. The SMILES string of the molecule is O=C(NC1CN2CCC1CC2)Oc1ccc(-c2ccccn2)o1. The molecule has 0 saturated carbocycles. The van der Waals surface area contributed by atoms with Gasteiger partial charge in [-0.05, 0) is 50.0 Å². The van der Waals surface area contributed by atoms with Crippen molar-refractivity contribution in [3.05, 3.63) is 36.5 Å². The summed E-state index contributed by atoms with van der Waals surface area (Å²) in [5, 5.41) is 2.97. The van der Waals surface area contributed by atoms with Crippen molar-refractivity contribution in [3.63, 3.8) is 0 Å². The molecule has 0 radical (unpaired) electrons. The molecule has 6 nitrogen and oxygen atoms in total. The van der Waals surface area contributed by atoms with Crippen LogP contribution >= 0.6 is 0 Å². The Morgan fingerprint density at radius 3 is 2.83 bits per heavy atom. The van der Waals surface area contributed by atoms with Gasteiger partial charge in [0.1, 0.15) is 5.69 Å². The number of aromatic nitrogens is 1. The van der Waals surface area contributed by atoms with Crippen LogP contribution in [0.5, 0.6) is 5.95 Å². The molecular formula is C17H19N3O3. The minimum atomic E-state index is -0.453. The Kier molecular flexibility index (Phi) is 3.75. The molecule has 23 heavy (non-hydrogen) atoms. The summed E-state index contributed by atoms with van der Waals surface area (Å²) in [5.74, 6) is 1.33. The predicted molar refractivity (Wildman–Crippen MR) is 84.1 cm³/mol. The Labute approximate surface area is 134 Å². The summed E-state index contributed by atoms with van der Waals surface area (Å²) in [6, 6.07) is 9.13. The first-order chi connectivity index (χ1) is 11.3. The van der Waals surface area contributed by atoms with Crippen LogP contribution in [0.4, 0.5) is 4.79 Å². The monoisotopic (exact) mass is 313 g/mol. The Morgan fingerprint density at radius 1 is 1.26 bits per heavy atom. The summed E-state index contributed by atoms with van der Waals surface area (Å²) >= 11 is 0. The molecule has 5 heterocycles. The highest BCUT2D eigenvalue weighted by atomic mass is 16.6. The number of carbonyl (C=O) groups is 1. The van der Waals surface area contributed by atoms with Crippen LogP contribution in [0.15, 0.2) is 40.9 Å². The lowest BCUT2D eigenvalue weighted by atomic mass is 9.84. The number of carbonyl (C=O) groups excluding carboxylic acids is 1. The number of piperidine rings is 3. The minimum Gasteiger partial charge on any atom is -0.424 e. The number of nitrogens with one attached hydrogen (secondary N) is 1. The largest absolute Gasteiger partial charge is 0.424 e. The maximum Gasteiger partial charge on any atom is 0.415 e. The molecule has 2 bridgehead atoms. The second-order valence-electron chi connectivity index (χ2n) is 6.11. The molecule has 1 unspecified atom stereocenters. The number of ether oxygens (including phenoxy) is 1. The number of fused-ring (bicyclic) bond motifs is 3. The van der Waals surface area contributed by atoms with Gasteiger partial charge in [-0.25, -0.2) is 4.79 Å². The third-order valence-electron chi connectivity index (χ3n) is 4.65.